The van der Waals surface area contributed by atoms with Crippen molar-refractivity contribution in [1.29, 1.82) is 0 Å². The Bertz CT molecular complexity index is 793. The molecule has 0 N–H and O–H groups in total. The molecule has 1 aromatic carbocycles. The summed E-state index contributed by atoms with van der Waals surface area (Å²) >= 11 is 0. The zero-order chi connectivity index (χ0) is 17.3. The highest BCUT2D eigenvalue weighted by molar-refractivity contribution is 5.30. The maximum absolute atomic E-state index is 11.3. The van der Waals surface area contributed by atoms with Crippen LogP contribution in [0, 0.1) is 0 Å². The van der Waals surface area contributed by atoms with Gasteiger partial charge in [0.1, 0.15) is 12.4 Å². The van der Waals surface area contributed by atoms with Crippen molar-refractivity contribution in [1.82, 2.24) is 9.55 Å². The molecule has 25 heavy (non-hydrogen) atoms. The Balaban J connectivity index is 1.37. The highest BCUT2D eigenvalue weighted by Crippen LogP contribution is 2.33. The molecule has 0 bridgehead atoms. The number of hydrogen-bond donors (Lipinski definition) is 0. The lowest BCUT2D eigenvalue weighted by atomic mass is 9.84. The standard InChI is InChI=1S/C20H24N2O3/c1-20(13-22-12-11-18(23)21-19(22)25-20)14-24-17-9-7-16(8-10-17)15-5-3-2-4-6-15/h7-12,15H,2-6,13-14H2,1H3. The van der Waals surface area contributed by atoms with Gasteiger partial charge in [-0.3, -0.25) is 9.36 Å². The number of fused-ring (bicyclic) bond motifs is 1. The highest BCUT2D eigenvalue weighted by atomic mass is 16.6. The van der Waals surface area contributed by atoms with Gasteiger partial charge in [0.05, 0.1) is 6.54 Å². The Kier molecular flexibility index (Phi) is 4.24. The third kappa shape index (κ3) is 3.55. The summed E-state index contributed by atoms with van der Waals surface area (Å²) in [5.41, 5.74) is 0.621. The van der Waals surface area contributed by atoms with Crippen LogP contribution in [-0.4, -0.2) is 21.8 Å². The summed E-state index contributed by atoms with van der Waals surface area (Å²) in [6, 6.07) is 10.3. The van der Waals surface area contributed by atoms with Crippen molar-refractivity contribution in [2.45, 2.75) is 57.1 Å². The molecular formula is C20H24N2O3. The van der Waals surface area contributed by atoms with E-state index in [-0.39, 0.29) is 5.56 Å². The van der Waals surface area contributed by atoms with E-state index in [1.165, 1.54) is 43.7 Å². The quantitative estimate of drug-likeness (QED) is 0.854. The fraction of sp³-hybridized carbons (Fsp3) is 0.500. The zero-order valence-electron chi connectivity index (χ0n) is 14.6. The SMILES string of the molecule is CC1(COc2ccc(C3CCCCC3)cc2)Cn2ccc(=O)nc2O1. The van der Waals surface area contributed by atoms with Crippen LogP contribution in [0.2, 0.25) is 0 Å². The summed E-state index contributed by atoms with van der Waals surface area (Å²) in [7, 11) is 0. The second-order valence-electron chi connectivity index (χ2n) is 7.42. The van der Waals surface area contributed by atoms with Gasteiger partial charge in [0.25, 0.3) is 5.56 Å². The maximum atomic E-state index is 11.3. The van der Waals surface area contributed by atoms with Crippen molar-refractivity contribution < 1.29 is 9.47 Å². The molecule has 2 aromatic rings. The average molecular weight is 340 g/mol. The van der Waals surface area contributed by atoms with Gasteiger partial charge < -0.3 is 9.47 Å². The number of rotatable bonds is 4. The second kappa shape index (κ2) is 6.54. The van der Waals surface area contributed by atoms with Crippen molar-refractivity contribution in [2.75, 3.05) is 6.61 Å². The van der Waals surface area contributed by atoms with Crippen LogP contribution in [0.5, 0.6) is 11.8 Å². The molecule has 1 aliphatic carbocycles. The monoisotopic (exact) mass is 340 g/mol. The first-order chi connectivity index (χ1) is 12.1. The molecule has 1 saturated carbocycles. The van der Waals surface area contributed by atoms with Gasteiger partial charge in [-0.25, -0.2) is 0 Å². The molecule has 1 fully saturated rings. The maximum Gasteiger partial charge on any atom is 0.300 e. The molecule has 4 rings (SSSR count). The Morgan fingerprint density at radius 3 is 2.72 bits per heavy atom. The van der Waals surface area contributed by atoms with E-state index in [4.69, 9.17) is 9.47 Å². The van der Waals surface area contributed by atoms with E-state index >= 15 is 0 Å². The van der Waals surface area contributed by atoms with E-state index in [1.807, 2.05) is 11.5 Å². The van der Waals surface area contributed by atoms with Gasteiger partial charge in [-0.2, -0.15) is 4.98 Å². The topological polar surface area (TPSA) is 53.4 Å². The third-order valence-electron chi connectivity index (χ3n) is 5.19. The van der Waals surface area contributed by atoms with Gasteiger partial charge in [-0.05, 0) is 43.4 Å². The van der Waals surface area contributed by atoms with Crippen molar-refractivity contribution in [3.63, 3.8) is 0 Å². The van der Waals surface area contributed by atoms with Crippen LogP contribution in [-0.2, 0) is 6.54 Å². The predicted octanol–water partition coefficient (Wildman–Crippen LogP) is 3.52. The normalized spacial score (nSPS) is 23.1. The minimum absolute atomic E-state index is 0.283. The number of aromatic nitrogens is 2. The molecule has 132 valence electrons. The first kappa shape index (κ1) is 16.2. The Morgan fingerprint density at radius 2 is 1.96 bits per heavy atom. The number of ether oxygens (including phenoxy) is 2. The molecule has 0 radical (unpaired) electrons. The van der Waals surface area contributed by atoms with Crippen LogP contribution < -0.4 is 15.0 Å². The lowest BCUT2D eigenvalue weighted by Gasteiger charge is -2.24. The lowest BCUT2D eigenvalue weighted by molar-refractivity contribution is 0.0508. The van der Waals surface area contributed by atoms with Crippen LogP contribution in [0.1, 0.15) is 50.5 Å². The highest BCUT2D eigenvalue weighted by Gasteiger charge is 2.36. The van der Waals surface area contributed by atoms with Crippen LogP contribution in [0.3, 0.4) is 0 Å². The van der Waals surface area contributed by atoms with E-state index in [2.05, 4.69) is 29.2 Å². The molecule has 1 aromatic heterocycles. The lowest BCUT2D eigenvalue weighted by Crippen LogP contribution is -2.38. The summed E-state index contributed by atoms with van der Waals surface area (Å²) in [6.07, 6.45) is 8.38. The van der Waals surface area contributed by atoms with Crippen molar-refractivity contribution in [2.24, 2.45) is 0 Å². The number of hydrogen-bond acceptors (Lipinski definition) is 4. The van der Waals surface area contributed by atoms with Crippen molar-refractivity contribution in [3.8, 4) is 11.8 Å². The minimum Gasteiger partial charge on any atom is -0.489 e. The molecular weight excluding hydrogens is 316 g/mol. The van der Waals surface area contributed by atoms with E-state index < -0.39 is 5.60 Å². The van der Waals surface area contributed by atoms with Crippen molar-refractivity contribution >= 4 is 0 Å². The van der Waals surface area contributed by atoms with E-state index in [9.17, 15) is 4.79 Å². The van der Waals surface area contributed by atoms with Gasteiger partial charge >= 0.3 is 6.01 Å². The summed E-state index contributed by atoms with van der Waals surface area (Å²) < 4.78 is 13.6. The summed E-state index contributed by atoms with van der Waals surface area (Å²) in [6.45, 7) is 3.01. The fourth-order valence-electron chi connectivity index (χ4n) is 3.81. The smallest absolute Gasteiger partial charge is 0.300 e. The molecule has 5 nitrogen and oxygen atoms in total. The molecule has 0 saturated heterocycles. The number of nitrogens with zero attached hydrogens (tertiary/aromatic N) is 2. The Labute approximate surface area is 147 Å². The van der Waals surface area contributed by atoms with Gasteiger partial charge in [-0.1, -0.05) is 31.4 Å². The summed E-state index contributed by atoms with van der Waals surface area (Å²) in [5, 5.41) is 0. The summed E-state index contributed by atoms with van der Waals surface area (Å²) in [4.78, 5) is 15.2. The molecule has 1 atom stereocenters. The predicted molar refractivity (Wildman–Crippen MR) is 95.3 cm³/mol. The zero-order valence-corrected chi connectivity index (χ0v) is 14.6. The summed E-state index contributed by atoms with van der Waals surface area (Å²) in [5.74, 6) is 1.56. The Morgan fingerprint density at radius 1 is 1.20 bits per heavy atom. The van der Waals surface area contributed by atoms with Gasteiger partial charge in [0, 0.05) is 12.3 Å². The molecule has 1 unspecified atom stereocenters. The first-order valence-corrected chi connectivity index (χ1v) is 9.11. The van der Waals surface area contributed by atoms with E-state index in [1.54, 1.807) is 6.20 Å². The first-order valence-electron chi connectivity index (χ1n) is 9.11. The van der Waals surface area contributed by atoms with E-state index in [0.717, 1.165) is 5.75 Å². The largest absolute Gasteiger partial charge is 0.489 e. The number of benzene rings is 1. The van der Waals surface area contributed by atoms with E-state index in [0.29, 0.717) is 25.1 Å². The van der Waals surface area contributed by atoms with Crippen molar-refractivity contribution in [3.05, 3.63) is 52.4 Å². The van der Waals surface area contributed by atoms with Gasteiger partial charge in [0.15, 0.2) is 5.60 Å². The van der Waals surface area contributed by atoms with Crippen LogP contribution in [0.4, 0.5) is 0 Å². The molecule has 0 spiro atoms. The van der Waals surface area contributed by atoms with Crippen LogP contribution >= 0.6 is 0 Å². The van der Waals surface area contributed by atoms with Gasteiger partial charge in [-0.15, -0.1) is 0 Å². The molecule has 2 aliphatic rings. The molecule has 0 amide bonds. The van der Waals surface area contributed by atoms with Crippen LogP contribution in [0.25, 0.3) is 0 Å². The Hall–Kier alpha value is -2.30. The molecule has 1 aliphatic heterocycles. The third-order valence-corrected chi connectivity index (χ3v) is 5.19. The average Bonchev–Trinajstić information content (AvgIpc) is 2.97. The molecule has 5 heteroatoms. The van der Waals surface area contributed by atoms with Gasteiger partial charge in [0.2, 0.25) is 0 Å². The fourth-order valence-corrected chi connectivity index (χ4v) is 3.81. The second-order valence-corrected chi connectivity index (χ2v) is 7.42. The minimum atomic E-state index is -0.518. The van der Waals surface area contributed by atoms with Crippen LogP contribution in [0.15, 0.2) is 41.3 Å². The molecule has 2 heterocycles.